The summed E-state index contributed by atoms with van der Waals surface area (Å²) in [5, 5.41) is 3.21. The number of alkyl halides is 2. The van der Waals surface area contributed by atoms with Crippen molar-refractivity contribution in [1.82, 2.24) is 5.32 Å². The molecule has 19 heavy (non-hydrogen) atoms. The van der Waals surface area contributed by atoms with E-state index in [1.165, 1.54) is 0 Å². The van der Waals surface area contributed by atoms with E-state index in [-0.39, 0.29) is 18.0 Å². The van der Waals surface area contributed by atoms with Crippen LogP contribution < -0.4 is 5.32 Å². The third-order valence-corrected chi connectivity index (χ3v) is 4.15. The van der Waals surface area contributed by atoms with Crippen molar-refractivity contribution in [1.29, 1.82) is 0 Å². The Morgan fingerprint density at radius 1 is 1.11 bits per heavy atom. The zero-order chi connectivity index (χ0) is 14.0. The van der Waals surface area contributed by atoms with Crippen LogP contribution >= 0.6 is 0 Å². The highest BCUT2D eigenvalue weighted by atomic mass is 19.3. The molecular formula is C16H23F2N. The topological polar surface area (TPSA) is 12.0 Å². The summed E-state index contributed by atoms with van der Waals surface area (Å²) in [4.78, 5) is 0. The predicted molar refractivity (Wildman–Crippen MR) is 74.8 cm³/mol. The fraction of sp³-hybridized carbons (Fsp3) is 0.625. The number of benzene rings is 1. The smallest absolute Gasteiger partial charge is 0.275 e. The second-order valence-electron chi connectivity index (χ2n) is 5.81. The van der Waals surface area contributed by atoms with Gasteiger partial charge in [-0.05, 0) is 62.9 Å². The first-order valence-corrected chi connectivity index (χ1v) is 7.09. The van der Waals surface area contributed by atoms with Gasteiger partial charge in [0.15, 0.2) is 0 Å². The zero-order valence-corrected chi connectivity index (χ0v) is 12.0. The highest BCUT2D eigenvalue weighted by Gasteiger charge is 2.36. The molecule has 0 bridgehead atoms. The maximum absolute atomic E-state index is 14.5. The molecule has 1 aliphatic rings. The van der Waals surface area contributed by atoms with Crippen LogP contribution in [0.25, 0.3) is 0 Å². The highest BCUT2D eigenvalue weighted by Crippen LogP contribution is 2.37. The first-order chi connectivity index (χ1) is 8.90. The van der Waals surface area contributed by atoms with Crippen LogP contribution in [0.1, 0.15) is 47.9 Å². The Hall–Kier alpha value is -0.960. The molecule has 1 nitrogen and oxygen atoms in total. The van der Waals surface area contributed by atoms with Gasteiger partial charge in [-0.1, -0.05) is 12.5 Å². The standard InChI is InChI=1S/C16H23F2N/c1-11-8-13(3)15(9-12(11)2)16(17,18)10-14-6-4-5-7-19-14/h8-9,14,19H,4-7,10H2,1-3H3. The number of hydrogen-bond donors (Lipinski definition) is 1. The molecule has 0 aliphatic carbocycles. The van der Waals surface area contributed by atoms with Gasteiger partial charge in [-0.2, -0.15) is 0 Å². The lowest BCUT2D eigenvalue weighted by Crippen LogP contribution is -2.38. The molecule has 106 valence electrons. The summed E-state index contributed by atoms with van der Waals surface area (Å²) in [5.74, 6) is -2.74. The number of rotatable bonds is 3. The van der Waals surface area contributed by atoms with Gasteiger partial charge in [-0.3, -0.25) is 0 Å². The number of hydrogen-bond acceptors (Lipinski definition) is 1. The van der Waals surface area contributed by atoms with Crippen molar-refractivity contribution in [2.75, 3.05) is 6.54 Å². The molecule has 0 radical (unpaired) electrons. The lowest BCUT2D eigenvalue weighted by molar-refractivity contribution is -0.0259. The second kappa shape index (κ2) is 5.58. The second-order valence-corrected chi connectivity index (χ2v) is 5.81. The van der Waals surface area contributed by atoms with E-state index in [1.54, 1.807) is 13.0 Å². The van der Waals surface area contributed by atoms with Crippen LogP contribution in [-0.4, -0.2) is 12.6 Å². The van der Waals surface area contributed by atoms with Gasteiger partial charge in [0.05, 0.1) is 0 Å². The molecular weight excluding hydrogens is 244 g/mol. The van der Waals surface area contributed by atoms with Gasteiger partial charge in [-0.25, -0.2) is 8.78 Å². The van der Waals surface area contributed by atoms with Crippen molar-refractivity contribution in [3.8, 4) is 0 Å². The minimum Gasteiger partial charge on any atom is -0.314 e. The molecule has 0 aromatic heterocycles. The highest BCUT2D eigenvalue weighted by molar-refractivity contribution is 5.38. The van der Waals surface area contributed by atoms with Crippen LogP contribution in [0.4, 0.5) is 8.78 Å². The monoisotopic (exact) mass is 267 g/mol. The van der Waals surface area contributed by atoms with Crippen molar-refractivity contribution >= 4 is 0 Å². The van der Waals surface area contributed by atoms with Gasteiger partial charge in [0.1, 0.15) is 0 Å². The molecule has 2 rings (SSSR count). The van der Waals surface area contributed by atoms with E-state index < -0.39 is 5.92 Å². The fourth-order valence-corrected chi connectivity index (χ4v) is 2.87. The summed E-state index contributed by atoms with van der Waals surface area (Å²) >= 11 is 0. The molecule has 3 heteroatoms. The van der Waals surface area contributed by atoms with Crippen molar-refractivity contribution in [2.24, 2.45) is 0 Å². The summed E-state index contributed by atoms with van der Waals surface area (Å²) in [5.41, 5.74) is 2.91. The van der Waals surface area contributed by atoms with Crippen LogP contribution in [0.15, 0.2) is 12.1 Å². The van der Waals surface area contributed by atoms with Gasteiger partial charge >= 0.3 is 0 Å². The molecule has 1 saturated heterocycles. The molecule has 1 fully saturated rings. The van der Waals surface area contributed by atoms with Crippen molar-refractivity contribution in [3.05, 3.63) is 34.4 Å². The van der Waals surface area contributed by atoms with E-state index in [4.69, 9.17) is 0 Å². The third-order valence-electron chi connectivity index (χ3n) is 4.15. The molecule has 1 N–H and O–H groups in total. The minimum absolute atomic E-state index is 0.0511. The van der Waals surface area contributed by atoms with Crippen LogP contribution in [-0.2, 0) is 5.92 Å². The van der Waals surface area contributed by atoms with Crippen LogP contribution in [0, 0.1) is 20.8 Å². The van der Waals surface area contributed by atoms with Crippen LogP contribution in [0.2, 0.25) is 0 Å². The first-order valence-electron chi connectivity index (χ1n) is 7.09. The number of halogens is 2. The molecule has 1 aromatic rings. The summed E-state index contributed by atoms with van der Waals surface area (Å²) in [6, 6.07) is 3.48. The maximum Gasteiger partial charge on any atom is 0.275 e. The average molecular weight is 267 g/mol. The van der Waals surface area contributed by atoms with Gasteiger partial charge in [-0.15, -0.1) is 0 Å². The Balaban J connectivity index is 2.20. The van der Waals surface area contributed by atoms with Crippen LogP contribution in [0.5, 0.6) is 0 Å². The Kier molecular flexibility index (Phi) is 4.24. The van der Waals surface area contributed by atoms with Crippen LogP contribution in [0.3, 0.4) is 0 Å². The molecule has 0 saturated carbocycles. The van der Waals surface area contributed by atoms with Crippen molar-refractivity contribution in [2.45, 2.75) is 58.4 Å². The first kappa shape index (κ1) is 14.4. The van der Waals surface area contributed by atoms with E-state index in [2.05, 4.69) is 5.32 Å². The van der Waals surface area contributed by atoms with E-state index in [0.29, 0.717) is 5.56 Å². The van der Waals surface area contributed by atoms with Gasteiger partial charge in [0.2, 0.25) is 0 Å². The third kappa shape index (κ3) is 3.33. The number of nitrogens with one attached hydrogen (secondary N) is 1. The van der Waals surface area contributed by atoms with E-state index >= 15 is 0 Å². The zero-order valence-electron chi connectivity index (χ0n) is 12.0. The Morgan fingerprint density at radius 3 is 2.42 bits per heavy atom. The molecule has 0 spiro atoms. The summed E-state index contributed by atoms with van der Waals surface area (Å²) in [6.07, 6.45) is 2.93. The summed E-state index contributed by atoms with van der Waals surface area (Å²) in [6.45, 7) is 6.51. The normalized spacial score (nSPS) is 20.6. The molecule has 1 atom stereocenters. The summed E-state index contributed by atoms with van der Waals surface area (Å²) < 4.78 is 28.9. The van der Waals surface area contributed by atoms with E-state index in [9.17, 15) is 8.78 Å². The van der Waals surface area contributed by atoms with Gasteiger partial charge in [0.25, 0.3) is 5.92 Å². The Labute approximate surface area is 114 Å². The van der Waals surface area contributed by atoms with Gasteiger partial charge in [0, 0.05) is 18.0 Å². The SMILES string of the molecule is Cc1cc(C)c(C(F)(F)CC2CCCCN2)cc1C. The number of piperidine rings is 1. The Bertz CT molecular complexity index is 448. The van der Waals surface area contributed by atoms with E-state index in [1.807, 2.05) is 19.9 Å². The van der Waals surface area contributed by atoms with Crippen molar-refractivity contribution in [3.63, 3.8) is 0 Å². The maximum atomic E-state index is 14.5. The lowest BCUT2D eigenvalue weighted by atomic mass is 9.91. The quantitative estimate of drug-likeness (QED) is 0.864. The van der Waals surface area contributed by atoms with Gasteiger partial charge < -0.3 is 5.32 Å². The predicted octanol–water partition coefficient (Wildman–Crippen LogP) is 4.24. The largest absolute Gasteiger partial charge is 0.314 e. The molecule has 1 heterocycles. The fourth-order valence-electron chi connectivity index (χ4n) is 2.87. The average Bonchev–Trinajstić information content (AvgIpc) is 2.34. The molecule has 0 amide bonds. The number of aryl methyl sites for hydroxylation is 3. The minimum atomic E-state index is -2.74. The summed E-state index contributed by atoms with van der Waals surface area (Å²) in [7, 11) is 0. The Morgan fingerprint density at radius 2 is 1.79 bits per heavy atom. The van der Waals surface area contributed by atoms with Crippen molar-refractivity contribution < 1.29 is 8.78 Å². The molecule has 1 aliphatic heterocycles. The molecule has 1 unspecified atom stereocenters. The van der Waals surface area contributed by atoms with E-state index in [0.717, 1.165) is 36.9 Å². The lowest BCUT2D eigenvalue weighted by Gasteiger charge is -2.28. The molecule has 1 aromatic carbocycles.